The van der Waals surface area contributed by atoms with E-state index < -0.39 is 17.7 Å². The highest BCUT2D eigenvalue weighted by Crippen LogP contribution is 2.42. The molecule has 33 heavy (non-hydrogen) atoms. The number of Topliss-reactive ketones (excluding diaryl/α,β-unsaturated/α-hetero) is 1. The molecule has 1 atom stereocenters. The lowest BCUT2D eigenvalue weighted by Crippen LogP contribution is -2.29. The van der Waals surface area contributed by atoms with Gasteiger partial charge in [0.05, 0.1) is 45.8 Å². The Kier molecular flexibility index (Phi) is 6.08. The molecule has 0 unspecified atom stereocenters. The number of hydrogen-bond acceptors (Lipinski definition) is 7. The van der Waals surface area contributed by atoms with Gasteiger partial charge in [0.25, 0.3) is 11.7 Å². The molecule has 8 nitrogen and oxygen atoms in total. The summed E-state index contributed by atoms with van der Waals surface area (Å²) < 4.78 is 21.3. The van der Waals surface area contributed by atoms with E-state index in [1.807, 2.05) is 0 Å². The number of ketones is 1. The number of carbonyl (C=O) groups excluding carboxylic acids is 2. The zero-order valence-corrected chi connectivity index (χ0v) is 18.4. The first-order chi connectivity index (χ1) is 16.0. The number of hydrogen-bond donors (Lipinski definition) is 1. The second-order valence-corrected chi connectivity index (χ2v) is 7.35. The molecule has 8 heteroatoms. The van der Waals surface area contributed by atoms with E-state index in [9.17, 15) is 14.7 Å². The van der Waals surface area contributed by atoms with Gasteiger partial charge >= 0.3 is 0 Å². The Hall–Kier alpha value is -4.20. The smallest absolute Gasteiger partial charge is 0.296 e. The average molecular weight is 449 g/mol. The van der Waals surface area contributed by atoms with Crippen molar-refractivity contribution < 1.29 is 33.3 Å². The van der Waals surface area contributed by atoms with Crippen molar-refractivity contribution in [2.45, 2.75) is 12.6 Å². The zero-order chi connectivity index (χ0) is 23.5. The molecule has 1 saturated heterocycles. The molecule has 3 aromatic rings. The molecule has 170 valence electrons. The van der Waals surface area contributed by atoms with Crippen molar-refractivity contribution in [3.05, 3.63) is 83.3 Å². The molecule has 1 fully saturated rings. The van der Waals surface area contributed by atoms with Crippen molar-refractivity contribution in [2.75, 3.05) is 21.3 Å². The van der Waals surface area contributed by atoms with Crippen LogP contribution in [0, 0.1) is 0 Å². The molecule has 0 radical (unpaired) electrons. The zero-order valence-electron chi connectivity index (χ0n) is 18.4. The van der Waals surface area contributed by atoms with Crippen LogP contribution in [0.25, 0.3) is 5.76 Å². The Morgan fingerprint density at radius 3 is 2.30 bits per heavy atom. The van der Waals surface area contributed by atoms with E-state index in [4.69, 9.17) is 18.6 Å². The molecule has 0 bridgehead atoms. The van der Waals surface area contributed by atoms with Crippen molar-refractivity contribution >= 4 is 17.4 Å². The number of benzene rings is 2. The third-order valence-electron chi connectivity index (χ3n) is 5.53. The number of ether oxygens (including phenoxy) is 3. The number of aliphatic hydroxyl groups excluding tert-OH is 1. The second-order valence-electron chi connectivity index (χ2n) is 7.35. The second kappa shape index (κ2) is 9.12. The Morgan fingerprint density at radius 2 is 1.70 bits per heavy atom. The van der Waals surface area contributed by atoms with Gasteiger partial charge < -0.3 is 28.6 Å². The Balaban J connectivity index is 1.87. The van der Waals surface area contributed by atoms with Gasteiger partial charge in [0, 0.05) is 5.56 Å². The Bertz CT molecular complexity index is 1200. The summed E-state index contributed by atoms with van der Waals surface area (Å²) in [4.78, 5) is 27.5. The number of rotatable bonds is 7. The summed E-state index contributed by atoms with van der Waals surface area (Å²) in [6.07, 6.45) is 1.49. The van der Waals surface area contributed by atoms with Gasteiger partial charge in [0.15, 0.2) is 11.5 Å². The van der Waals surface area contributed by atoms with Crippen LogP contribution in [0.15, 0.2) is 70.9 Å². The van der Waals surface area contributed by atoms with Crippen LogP contribution in [0.5, 0.6) is 17.2 Å². The summed E-state index contributed by atoms with van der Waals surface area (Å²) >= 11 is 0. The summed E-state index contributed by atoms with van der Waals surface area (Å²) in [7, 11) is 4.55. The van der Waals surface area contributed by atoms with E-state index in [1.165, 1.54) is 32.5 Å². The molecule has 4 rings (SSSR count). The van der Waals surface area contributed by atoms with Gasteiger partial charge in [-0.1, -0.05) is 6.07 Å². The Morgan fingerprint density at radius 1 is 0.970 bits per heavy atom. The van der Waals surface area contributed by atoms with Crippen molar-refractivity contribution in [3.63, 3.8) is 0 Å². The van der Waals surface area contributed by atoms with Crippen LogP contribution in [0.4, 0.5) is 0 Å². The fourth-order valence-corrected chi connectivity index (χ4v) is 3.89. The molecular formula is C25H23NO7. The van der Waals surface area contributed by atoms with Crippen LogP contribution in [-0.4, -0.2) is 43.0 Å². The fraction of sp³-hybridized carbons (Fsp3) is 0.200. The van der Waals surface area contributed by atoms with E-state index in [1.54, 1.807) is 54.6 Å². The van der Waals surface area contributed by atoms with Gasteiger partial charge in [-0.15, -0.1) is 0 Å². The third kappa shape index (κ3) is 4.03. The van der Waals surface area contributed by atoms with Crippen LogP contribution in [0.3, 0.4) is 0 Å². The molecule has 1 amide bonds. The largest absolute Gasteiger partial charge is 0.507 e. The number of amides is 1. The lowest BCUT2D eigenvalue weighted by Gasteiger charge is -2.25. The van der Waals surface area contributed by atoms with Crippen LogP contribution in [0.1, 0.15) is 22.9 Å². The number of methoxy groups -OCH3 is 3. The van der Waals surface area contributed by atoms with Crippen molar-refractivity contribution in [2.24, 2.45) is 0 Å². The van der Waals surface area contributed by atoms with Crippen LogP contribution < -0.4 is 14.2 Å². The van der Waals surface area contributed by atoms with Crippen molar-refractivity contribution in [1.29, 1.82) is 0 Å². The van der Waals surface area contributed by atoms with Crippen LogP contribution in [0.2, 0.25) is 0 Å². The number of aliphatic hydroxyl groups is 1. The Labute approximate surface area is 190 Å². The maximum absolute atomic E-state index is 13.1. The quantitative estimate of drug-likeness (QED) is 0.332. The maximum atomic E-state index is 13.1. The lowest BCUT2D eigenvalue weighted by atomic mass is 9.95. The van der Waals surface area contributed by atoms with Crippen LogP contribution in [-0.2, 0) is 16.1 Å². The van der Waals surface area contributed by atoms with E-state index in [2.05, 4.69) is 0 Å². The topological polar surface area (TPSA) is 98.4 Å². The summed E-state index contributed by atoms with van der Waals surface area (Å²) in [5.74, 6) is 0.240. The van der Waals surface area contributed by atoms with E-state index >= 15 is 0 Å². The van der Waals surface area contributed by atoms with E-state index in [0.29, 0.717) is 34.1 Å². The minimum atomic E-state index is -0.864. The first kappa shape index (κ1) is 22.0. The molecule has 1 N–H and O–H groups in total. The monoisotopic (exact) mass is 449 g/mol. The molecule has 1 aliphatic heterocycles. The van der Waals surface area contributed by atoms with Gasteiger partial charge in [-0.25, -0.2) is 0 Å². The minimum absolute atomic E-state index is 0.0241. The first-order valence-electron chi connectivity index (χ1n) is 10.2. The third-order valence-corrected chi connectivity index (χ3v) is 5.53. The number of carbonyl (C=O) groups is 2. The maximum Gasteiger partial charge on any atom is 0.296 e. The molecule has 1 aliphatic rings. The molecule has 0 aliphatic carbocycles. The van der Waals surface area contributed by atoms with Crippen molar-refractivity contribution in [3.8, 4) is 17.2 Å². The van der Waals surface area contributed by atoms with Gasteiger partial charge in [-0.05, 0) is 54.1 Å². The molecule has 2 aromatic carbocycles. The van der Waals surface area contributed by atoms with Gasteiger partial charge in [-0.3, -0.25) is 9.59 Å². The summed E-state index contributed by atoms with van der Waals surface area (Å²) in [5.41, 5.74) is 0.940. The SMILES string of the molecule is COc1ccc(C(O)=C2C(=O)C(=O)N(Cc3ccco3)[C@H]2c2ccc(OC)c(OC)c2)cc1. The highest BCUT2D eigenvalue weighted by Gasteiger charge is 2.46. The van der Waals surface area contributed by atoms with Gasteiger partial charge in [0.1, 0.15) is 17.3 Å². The van der Waals surface area contributed by atoms with Gasteiger partial charge in [-0.2, -0.15) is 0 Å². The first-order valence-corrected chi connectivity index (χ1v) is 10.2. The summed E-state index contributed by atoms with van der Waals surface area (Å²) in [6.45, 7) is 0.0516. The molecular weight excluding hydrogens is 426 g/mol. The molecule has 0 spiro atoms. The predicted octanol–water partition coefficient (Wildman–Crippen LogP) is 3.93. The van der Waals surface area contributed by atoms with E-state index in [0.717, 1.165) is 0 Å². The summed E-state index contributed by atoms with van der Waals surface area (Å²) in [5, 5.41) is 11.1. The standard InChI is InChI=1S/C25H23NO7/c1-30-17-9-6-15(7-10-17)23(27)21-22(16-8-11-19(31-2)20(13-16)32-3)26(25(29)24(21)28)14-18-5-4-12-33-18/h4-13,22,27H,14H2,1-3H3/t22-/m0/s1. The average Bonchev–Trinajstić information content (AvgIpc) is 3.45. The fourth-order valence-electron chi connectivity index (χ4n) is 3.89. The highest BCUT2D eigenvalue weighted by molar-refractivity contribution is 6.46. The van der Waals surface area contributed by atoms with Crippen LogP contribution >= 0.6 is 0 Å². The molecule has 0 saturated carbocycles. The molecule has 2 heterocycles. The predicted molar refractivity (Wildman–Crippen MR) is 119 cm³/mol. The van der Waals surface area contributed by atoms with Crippen molar-refractivity contribution in [1.82, 2.24) is 4.90 Å². The highest BCUT2D eigenvalue weighted by atomic mass is 16.5. The number of nitrogens with zero attached hydrogens (tertiary/aromatic N) is 1. The summed E-state index contributed by atoms with van der Waals surface area (Å²) in [6, 6.07) is 14.2. The number of furan rings is 1. The minimum Gasteiger partial charge on any atom is -0.507 e. The normalized spacial score (nSPS) is 17.3. The number of likely N-dealkylation sites (tertiary alicyclic amines) is 1. The van der Waals surface area contributed by atoms with Gasteiger partial charge in [0.2, 0.25) is 0 Å². The van der Waals surface area contributed by atoms with E-state index in [-0.39, 0.29) is 17.9 Å². The molecule has 1 aromatic heterocycles. The lowest BCUT2D eigenvalue weighted by molar-refractivity contribution is -0.140.